The van der Waals surface area contributed by atoms with Gasteiger partial charge in [0.25, 0.3) is 0 Å². The monoisotopic (exact) mass is 304 g/mol. The van der Waals surface area contributed by atoms with Crippen LogP contribution in [0.5, 0.6) is 5.88 Å². The summed E-state index contributed by atoms with van der Waals surface area (Å²) in [6.45, 7) is 3.54. The van der Waals surface area contributed by atoms with Gasteiger partial charge < -0.3 is 15.8 Å². The van der Waals surface area contributed by atoms with Crippen molar-refractivity contribution in [2.75, 3.05) is 24.2 Å². The van der Waals surface area contributed by atoms with Crippen molar-refractivity contribution in [1.29, 1.82) is 0 Å². The van der Waals surface area contributed by atoms with Crippen LogP contribution in [0.4, 0.5) is 11.5 Å². The summed E-state index contributed by atoms with van der Waals surface area (Å²) in [5.41, 5.74) is 7.60. The van der Waals surface area contributed by atoms with Crippen LogP contribution in [-0.2, 0) is 6.42 Å². The number of thiazole rings is 1. The second kappa shape index (κ2) is 6.30. The number of aromatic nitrogens is 2. The van der Waals surface area contributed by atoms with E-state index in [2.05, 4.69) is 20.7 Å². The van der Waals surface area contributed by atoms with Crippen LogP contribution >= 0.6 is 11.3 Å². The lowest BCUT2D eigenvalue weighted by atomic mass is 10.3. The molecule has 6 heteroatoms. The summed E-state index contributed by atoms with van der Waals surface area (Å²) in [5.74, 6) is 2.02. The van der Waals surface area contributed by atoms with E-state index in [0.717, 1.165) is 36.1 Å². The number of hydrogen-bond donors (Lipinski definition) is 2. The lowest BCUT2D eigenvalue weighted by Crippen LogP contribution is -2.09. The Morgan fingerprint density at radius 2 is 2.24 bits per heavy atom. The zero-order valence-electron chi connectivity index (χ0n) is 12.1. The molecular weight excluding hydrogens is 284 g/mol. The van der Waals surface area contributed by atoms with Crippen LogP contribution in [0.15, 0.2) is 17.5 Å². The minimum Gasteiger partial charge on any atom is -0.476 e. The second-order valence-corrected chi connectivity index (χ2v) is 6.44. The SMILES string of the molecule is Cc1nc(CCNc2ccc(N)c(OCC3CC3)n2)cs1. The minimum atomic E-state index is 0.538. The van der Waals surface area contributed by atoms with Crippen LogP contribution in [0, 0.1) is 12.8 Å². The maximum absolute atomic E-state index is 5.89. The fraction of sp³-hybridized carbons (Fsp3) is 0.467. The zero-order valence-corrected chi connectivity index (χ0v) is 12.9. The van der Waals surface area contributed by atoms with E-state index in [0.29, 0.717) is 17.5 Å². The number of nitrogens with zero attached hydrogens (tertiary/aromatic N) is 2. The molecule has 0 atom stereocenters. The number of rotatable bonds is 7. The van der Waals surface area contributed by atoms with E-state index in [-0.39, 0.29) is 0 Å². The maximum Gasteiger partial charge on any atom is 0.239 e. The predicted octanol–water partition coefficient (Wildman–Crippen LogP) is 2.87. The average Bonchev–Trinajstić information content (AvgIpc) is 3.21. The zero-order chi connectivity index (χ0) is 14.7. The summed E-state index contributed by atoms with van der Waals surface area (Å²) >= 11 is 1.68. The van der Waals surface area contributed by atoms with Crippen LogP contribution in [0.25, 0.3) is 0 Å². The molecule has 5 nitrogen and oxygen atoms in total. The van der Waals surface area contributed by atoms with E-state index >= 15 is 0 Å². The largest absolute Gasteiger partial charge is 0.476 e. The number of nitrogens with one attached hydrogen (secondary N) is 1. The van der Waals surface area contributed by atoms with Gasteiger partial charge in [-0.15, -0.1) is 11.3 Å². The highest BCUT2D eigenvalue weighted by atomic mass is 32.1. The van der Waals surface area contributed by atoms with Crippen LogP contribution < -0.4 is 15.8 Å². The van der Waals surface area contributed by atoms with Gasteiger partial charge >= 0.3 is 0 Å². The molecule has 3 rings (SSSR count). The summed E-state index contributed by atoms with van der Waals surface area (Å²) in [4.78, 5) is 8.88. The number of ether oxygens (including phenoxy) is 1. The first-order chi connectivity index (χ1) is 10.2. The maximum atomic E-state index is 5.89. The van der Waals surface area contributed by atoms with Crippen molar-refractivity contribution in [3.63, 3.8) is 0 Å². The first kappa shape index (κ1) is 14.1. The Labute approximate surface area is 128 Å². The summed E-state index contributed by atoms with van der Waals surface area (Å²) in [7, 11) is 0. The molecule has 0 aliphatic heterocycles. The fourth-order valence-electron chi connectivity index (χ4n) is 1.99. The molecule has 2 aromatic heterocycles. The van der Waals surface area contributed by atoms with Crippen molar-refractivity contribution in [2.24, 2.45) is 5.92 Å². The van der Waals surface area contributed by atoms with Crippen molar-refractivity contribution in [3.05, 3.63) is 28.2 Å². The van der Waals surface area contributed by atoms with E-state index in [1.54, 1.807) is 11.3 Å². The topological polar surface area (TPSA) is 73.1 Å². The highest BCUT2D eigenvalue weighted by Gasteiger charge is 2.22. The molecule has 1 saturated carbocycles. The van der Waals surface area contributed by atoms with Crippen molar-refractivity contribution < 1.29 is 4.74 Å². The molecule has 1 aliphatic rings. The van der Waals surface area contributed by atoms with Crippen LogP contribution in [-0.4, -0.2) is 23.1 Å². The average molecular weight is 304 g/mol. The lowest BCUT2D eigenvalue weighted by molar-refractivity contribution is 0.290. The molecule has 3 N–H and O–H groups in total. The molecule has 1 fully saturated rings. The van der Waals surface area contributed by atoms with Crippen LogP contribution in [0.3, 0.4) is 0 Å². The number of aryl methyl sites for hydroxylation is 1. The Morgan fingerprint density at radius 3 is 2.95 bits per heavy atom. The minimum absolute atomic E-state index is 0.538. The molecule has 2 aromatic rings. The Bertz CT molecular complexity index is 609. The summed E-state index contributed by atoms with van der Waals surface area (Å²) < 4.78 is 5.68. The van der Waals surface area contributed by atoms with E-state index in [1.807, 2.05) is 19.1 Å². The molecule has 0 amide bonds. The number of nitrogens with two attached hydrogens (primary N) is 1. The van der Waals surface area contributed by atoms with Gasteiger partial charge in [-0.2, -0.15) is 4.98 Å². The van der Waals surface area contributed by atoms with Crippen LogP contribution in [0.2, 0.25) is 0 Å². The molecule has 112 valence electrons. The molecule has 0 unspecified atom stereocenters. The van der Waals surface area contributed by atoms with Gasteiger partial charge in [0.1, 0.15) is 5.82 Å². The van der Waals surface area contributed by atoms with E-state index in [4.69, 9.17) is 10.5 Å². The molecule has 0 aromatic carbocycles. The Morgan fingerprint density at radius 1 is 1.38 bits per heavy atom. The highest BCUT2D eigenvalue weighted by Crippen LogP contribution is 2.30. The number of anilines is 2. The summed E-state index contributed by atoms with van der Waals surface area (Å²) in [5, 5.41) is 6.49. The third kappa shape index (κ3) is 4.07. The molecular formula is C15H20N4OS. The third-order valence-corrected chi connectivity index (χ3v) is 4.22. The Balaban J connectivity index is 1.53. The van der Waals surface area contributed by atoms with Crippen molar-refractivity contribution in [3.8, 4) is 5.88 Å². The van der Waals surface area contributed by atoms with Gasteiger partial charge in [0.05, 0.1) is 23.0 Å². The lowest BCUT2D eigenvalue weighted by Gasteiger charge is -2.10. The fourth-order valence-corrected chi connectivity index (χ4v) is 2.64. The van der Waals surface area contributed by atoms with E-state index in [1.165, 1.54) is 12.8 Å². The first-order valence-corrected chi connectivity index (χ1v) is 8.13. The third-order valence-electron chi connectivity index (χ3n) is 3.40. The van der Waals surface area contributed by atoms with Gasteiger partial charge in [-0.05, 0) is 37.8 Å². The molecule has 21 heavy (non-hydrogen) atoms. The normalized spacial score (nSPS) is 14.1. The van der Waals surface area contributed by atoms with E-state index < -0.39 is 0 Å². The smallest absolute Gasteiger partial charge is 0.239 e. The number of pyridine rings is 1. The van der Waals surface area contributed by atoms with Gasteiger partial charge in [-0.3, -0.25) is 0 Å². The predicted molar refractivity (Wildman–Crippen MR) is 85.9 cm³/mol. The molecule has 0 spiro atoms. The number of hydrogen-bond acceptors (Lipinski definition) is 6. The standard InChI is InChI=1S/C15H20N4OS/c1-10-18-12(9-21-10)6-7-17-14-5-4-13(16)15(19-14)20-8-11-2-3-11/h4-5,9,11H,2-3,6-8,16H2,1H3,(H,17,19). The van der Waals surface area contributed by atoms with Gasteiger partial charge in [0.2, 0.25) is 5.88 Å². The summed E-state index contributed by atoms with van der Waals surface area (Å²) in [6, 6.07) is 3.72. The van der Waals surface area contributed by atoms with Gasteiger partial charge in [0.15, 0.2) is 0 Å². The molecule has 1 aliphatic carbocycles. The van der Waals surface area contributed by atoms with Crippen molar-refractivity contribution in [1.82, 2.24) is 9.97 Å². The van der Waals surface area contributed by atoms with Gasteiger partial charge in [0, 0.05) is 18.3 Å². The molecule has 0 radical (unpaired) electrons. The molecule has 0 bridgehead atoms. The van der Waals surface area contributed by atoms with Crippen molar-refractivity contribution in [2.45, 2.75) is 26.2 Å². The quantitative estimate of drug-likeness (QED) is 0.823. The number of nitrogen functional groups attached to an aromatic ring is 1. The second-order valence-electron chi connectivity index (χ2n) is 5.38. The van der Waals surface area contributed by atoms with Gasteiger partial charge in [-0.25, -0.2) is 4.98 Å². The van der Waals surface area contributed by atoms with Gasteiger partial charge in [-0.1, -0.05) is 0 Å². The van der Waals surface area contributed by atoms with E-state index in [9.17, 15) is 0 Å². The molecule has 2 heterocycles. The van der Waals surface area contributed by atoms with Crippen LogP contribution in [0.1, 0.15) is 23.5 Å². The summed E-state index contributed by atoms with van der Waals surface area (Å²) in [6.07, 6.45) is 3.39. The Kier molecular flexibility index (Phi) is 4.24. The first-order valence-electron chi connectivity index (χ1n) is 7.25. The van der Waals surface area contributed by atoms with Crippen molar-refractivity contribution >= 4 is 22.8 Å². The highest BCUT2D eigenvalue weighted by molar-refractivity contribution is 7.09. The Hall–Kier alpha value is -1.82. The molecule has 0 saturated heterocycles.